The molecule has 20 heavy (non-hydrogen) atoms. The van der Waals surface area contributed by atoms with Gasteiger partial charge in [0.25, 0.3) is 0 Å². The van der Waals surface area contributed by atoms with E-state index in [1.165, 1.54) is 0 Å². The summed E-state index contributed by atoms with van der Waals surface area (Å²) in [7, 11) is 0. The van der Waals surface area contributed by atoms with Crippen molar-refractivity contribution in [1.82, 2.24) is 15.3 Å². The summed E-state index contributed by atoms with van der Waals surface area (Å²) in [6, 6.07) is 10.1. The van der Waals surface area contributed by atoms with E-state index in [4.69, 9.17) is 4.74 Å². The Bertz CT molecular complexity index is 595. The Labute approximate surface area is 126 Å². The van der Waals surface area contributed by atoms with Crippen LogP contribution in [0.4, 0.5) is 0 Å². The van der Waals surface area contributed by atoms with Crippen LogP contribution in [0.5, 0.6) is 0 Å². The summed E-state index contributed by atoms with van der Waals surface area (Å²) in [5, 5.41) is 3.31. The van der Waals surface area contributed by atoms with E-state index in [-0.39, 0.29) is 6.10 Å². The zero-order valence-corrected chi connectivity index (χ0v) is 12.9. The lowest BCUT2D eigenvalue weighted by molar-refractivity contribution is 0.0221. The predicted molar refractivity (Wildman–Crippen MR) is 81.5 cm³/mol. The average Bonchev–Trinajstić information content (AvgIpc) is 2.48. The first-order valence-corrected chi connectivity index (χ1v) is 7.45. The summed E-state index contributed by atoms with van der Waals surface area (Å²) in [6.07, 6.45) is -0.0575. The van der Waals surface area contributed by atoms with Crippen LogP contribution in [0.1, 0.15) is 17.6 Å². The maximum absolute atomic E-state index is 5.73. The summed E-state index contributed by atoms with van der Waals surface area (Å²) in [5.74, 6) is 0.759. The Balaban J connectivity index is 1.95. The standard InChI is InChI=1S/C15H16BrN3O/c1-10-8-13(11-2-4-12(16)5-3-11)19-15(18-10)14-9-17-6-7-20-14/h2-5,8,14,17H,6-7,9H2,1H3. The normalized spacial score (nSPS) is 19.0. The first kappa shape index (κ1) is 13.7. The Morgan fingerprint density at radius 3 is 2.75 bits per heavy atom. The van der Waals surface area contributed by atoms with Gasteiger partial charge in [-0.3, -0.25) is 0 Å². The number of benzene rings is 1. The quantitative estimate of drug-likeness (QED) is 0.917. The number of aromatic nitrogens is 2. The van der Waals surface area contributed by atoms with E-state index in [0.29, 0.717) is 6.61 Å². The van der Waals surface area contributed by atoms with Gasteiger partial charge in [0.1, 0.15) is 6.10 Å². The predicted octanol–water partition coefficient (Wildman–Crippen LogP) is 2.88. The van der Waals surface area contributed by atoms with Gasteiger partial charge in [0.15, 0.2) is 5.82 Å². The van der Waals surface area contributed by atoms with E-state index in [1.807, 2.05) is 25.1 Å². The van der Waals surface area contributed by atoms with Crippen molar-refractivity contribution in [1.29, 1.82) is 0 Å². The summed E-state index contributed by atoms with van der Waals surface area (Å²) >= 11 is 3.45. The van der Waals surface area contributed by atoms with Crippen molar-refractivity contribution in [2.45, 2.75) is 13.0 Å². The zero-order chi connectivity index (χ0) is 13.9. The van der Waals surface area contributed by atoms with Gasteiger partial charge in [-0.25, -0.2) is 9.97 Å². The minimum Gasteiger partial charge on any atom is -0.368 e. The fourth-order valence-corrected chi connectivity index (χ4v) is 2.50. The fraction of sp³-hybridized carbons (Fsp3) is 0.333. The van der Waals surface area contributed by atoms with Crippen molar-refractivity contribution in [3.8, 4) is 11.3 Å². The van der Waals surface area contributed by atoms with Gasteiger partial charge >= 0.3 is 0 Å². The molecule has 1 fully saturated rings. The van der Waals surface area contributed by atoms with Crippen LogP contribution in [0.3, 0.4) is 0 Å². The van der Waals surface area contributed by atoms with Crippen molar-refractivity contribution < 1.29 is 4.74 Å². The maximum Gasteiger partial charge on any atom is 0.159 e. The molecule has 1 aliphatic heterocycles. The first-order valence-electron chi connectivity index (χ1n) is 6.66. The highest BCUT2D eigenvalue weighted by Crippen LogP contribution is 2.23. The molecule has 1 atom stereocenters. The van der Waals surface area contributed by atoms with Gasteiger partial charge in [-0.05, 0) is 25.1 Å². The molecular weight excluding hydrogens is 318 g/mol. The molecule has 104 valence electrons. The van der Waals surface area contributed by atoms with Crippen LogP contribution in [-0.2, 0) is 4.74 Å². The molecule has 0 radical (unpaired) electrons. The van der Waals surface area contributed by atoms with Crippen molar-refractivity contribution >= 4 is 15.9 Å². The smallest absolute Gasteiger partial charge is 0.159 e. The number of nitrogens with zero attached hydrogens (tertiary/aromatic N) is 2. The van der Waals surface area contributed by atoms with Gasteiger partial charge in [-0.1, -0.05) is 28.1 Å². The molecule has 1 aliphatic rings. The van der Waals surface area contributed by atoms with Gasteiger partial charge in [-0.2, -0.15) is 0 Å². The third kappa shape index (κ3) is 3.06. The Hall–Kier alpha value is -1.30. The Kier molecular flexibility index (Phi) is 4.10. The van der Waals surface area contributed by atoms with Gasteiger partial charge < -0.3 is 10.1 Å². The highest BCUT2D eigenvalue weighted by atomic mass is 79.9. The van der Waals surface area contributed by atoms with Crippen molar-refractivity contribution in [2.24, 2.45) is 0 Å². The number of hydrogen-bond acceptors (Lipinski definition) is 4. The van der Waals surface area contributed by atoms with Crippen LogP contribution < -0.4 is 5.32 Å². The lowest BCUT2D eigenvalue weighted by Gasteiger charge is -2.23. The summed E-state index contributed by atoms with van der Waals surface area (Å²) < 4.78 is 6.80. The molecule has 5 heteroatoms. The van der Waals surface area contributed by atoms with Gasteiger partial charge in [0.05, 0.1) is 12.3 Å². The third-order valence-electron chi connectivity index (χ3n) is 3.23. The largest absolute Gasteiger partial charge is 0.368 e. The molecule has 4 nitrogen and oxygen atoms in total. The monoisotopic (exact) mass is 333 g/mol. The third-order valence-corrected chi connectivity index (χ3v) is 3.76. The van der Waals surface area contributed by atoms with Crippen LogP contribution in [0, 0.1) is 6.92 Å². The van der Waals surface area contributed by atoms with Crippen LogP contribution in [0.25, 0.3) is 11.3 Å². The van der Waals surface area contributed by atoms with E-state index in [9.17, 15) is 0 Å². The lowest BCUT2D eigenvalue weighted by atomic mass is 10.1. The van der Waals surface area contributed by atoms with Crippen molar-refractivity contribution in [2.75, 3.05) is 19.7 Å². The van der Waals surface area contributed by atoms with Crippen LogP contribution in [0.2, 0.25) is 0 Å². The highest BCUT2D eigenvalue weighted by molar-refractivity contribution is 9.10. The van der Waals surface area contributed by atoms with E-state index in [0.717, 1.165) is 40.3 Å². The molecule has 0 aliphatic carbocycles. The van der Waals surface area contributed by atoms with Crippen molar-refractivity contribution in [3.05, 3.63) is 46.3 Å². The summed E-state index contributed by atoms with van der Waals surface area (Å²) in [4.78, 5) is 9.18. The number of morpholine rings is 1. The molecule has 3 rings (SSSR count). The lowest BCUT2D eigenvalue weighted by Crippen LogP contribution is -2.34. The minimum atomic E-state index is -0.0575. The molecule has 1 aromatic heterocycles. The van der Waals surface area contributed by atoms with Gasteiger partial charge in [0.2, 0.25) is 0 Å². The maximum atomic E-state index is 5.73. The number of halogens is 1. The number of rotatable bonds is 2. The molecule has 0 bridgehead atoms. The molecule has 0 amide bonds. The molecule has 2 aromatic rings. The highest BCUT2D eigenvalue weighted by Gasteiger charge is 2.19. The molecule has 1 unspecified atom stereocenters. The number of nitrogens with one attached hydrogen (secondary N) is 1. The second kappa shape index (κ2) is 5.99. The number of aryl methyl sites for hydroxylation is 1. The molecule has 1 aromatic carbocycles. The second-order valence-electron chi connectivity index (χ2n) is 4.82. The molecule has 2 heterocycles. The Morgan fingerprint density at radius 2 is 2.05 bits per heavy atom. The van der Waals surface area contributed by atoms with E-state index in [1.54, 1.807) is 0 Å². The number of hydrogen-bond donors (Lipinski definition) is 1. The van der Waals surface area contributed by atoms with Crippen LogP contribution in [-0.4, -0.2) is 29.7 Å². The number of ether oxygens (including phenoxy) is 1. The second-order valence-corrected chi connectivity index (χ2v) is 5.74. The first-order chi connectivity index (χ1) is 9.72. The summed E-state index contributed by atoms with van der Waals surface area (Å²) in [5.41, 5.74) is 2.99. The topological polar surface area (TPSA) is 47.0 Å². The van der Waals surface area contributed by atoms with E-state index in [2.05, 4.69) is 43.3 Å². The van der Waals surface area contributed by atoms with Gasteiger partial charge in [0, 0.05) is 28.8 Å². The molecule has 0 saturated carbocycles. The Morgan fingerprint density at radius 1 is 1.25 bits per heavy atom. The van der Waals surface area contributed by atoms with Gasteiger partial charge in [-0.15, -0.1) is 0 Å². The average molecular weight is 334 g/mol. The van der Waals surface area contributed by atoms with Crippen LogP contribution >= 0.6 is 15.9 Å². The minimum absolute atomic E-state index is 0.0575. The zero-order valence-electron chi connectivity index (χ0n) is 11.3. The van der Waals surface area contributed by atoms with Crippen molar-refractivity contribution in [3.63, 3.8) is 0 Å². The molecular formula is C15H16BrN3O. The van der Waals surface area contributed by atoms with Crippen LogP contribution in [0.15, 0.2) is 34.8 Å². The molecule has 1 saturated heterocycles. The van der Waals surface area contributed by atoms with E-state index >= 15 is 0 Å². The SMILES string of the molecule is Cc1cc(-c2ccc(Br)cc2)nc(C2CNCCO2)n1. The molecule has 0 spiro atoms. The molecule has 1 N–H and O–H groups in total. The van der Waals surface area contributed by atoms with E-state index < -0.39 is 0 Å². The summed E-state index contributed by atoms with van der Waals surface area (Å²) in [6.45, 7) is 4.35. The fourth-order valence-electron chi connectivity index (χ4n) is 2.24.